The molecule has 0 aliphatic heterocycles. The molecular weight excluding hydrogens is 206 g/mol. The number of esters is 1. The second-order valence-corrected chi connectivity index (χ2v) is 3.51. The predicted octanol–water partition coefficient (Wildman–Crippen LogP) is 2.15. The average Bonchev–Trinajstić information content (AvgIpc) is 2.26. The molecule has 0 aliphatic carbocycles. The molecule has 0 atom stereocenters. The van der Waals surface area contributed by atoms with Crippen LogP contribution in [0.1, 0.15) is 29.3 Å². The van der Waals surface area contributed by atoms with Crippen molar-refractivity contribution < 1.29 is 14.3 Å². The second-order valence-electron chi connectivity index (χ2n) is 3.51. The topological polar surface area (TPSA) is 61.5 Å². The number of nitrogens with two attached hydrogens (primary N) is 1. The molecule has 0 radical (unpaired) electrons. The molecule has 0 saturated carbocycles. The van der Waals surface area contributed by atoms with Crippen LogP contribution in [0, 0.1) is 6.92 Å². The maximum absolute atomic E-state index is 11.8. The Morgan fingerprint density at radius 3 is 2.69 bits per heavy atom. The van der Waals surface area contributed by atoms with Gasteiger partial charge in [0.15, 0.2) is 0 Å². The van der Waals surface area contributed by atoms with Gasteiger partial charge in [-0.1, -0.05) is 13.0 Å². The van der Waals surface area contributed by atoms with E-state index in [1.165, 1.54) is 7.11 Å². The fourth-order valence-corrected chi connectivity index (χ4v) is 1.43. The Morgan fingerprint density at radius 2 is 2.12 bits per heavy atom. The van der Waals surface area contributed by atoms with Gasteiger partial charge in [0.2, 0.25) is 0 Å². The smallest absolute Gasteiger partial charge is 0.340 e. The van der Waals surface area contributed by atoms with Crippen LogP contribution in [0.25, 0.3) is 0 Å². The number of carbonyl (C=O) groups excluding carboxylic acids is 1. The molecule has 16 heavy (non-hydrogen) atoms. The third kappa shape index (κ3) is 2.45. The molecular formula is C12H17NO3. The third-order valence-electron chi connectivity index (χ3n) is 2.28. The highest BCUT2D eigenvalue weighted by Crippen LogP contribution is 2.28. The molecule has 2 N–H and O–H groups in total. The Bertz CT molecular complexity index is 388. The first kappa shape index (κ1) is 12.4. The molecule has 0 aromatic heterocycles. The van der Waals surface area contributed by atoms with Gasteiger partial charge >= 0.3 is 5.97 Å². The van der Waals surface area contributed by atoms with Crippen LogP contribution in [0.5, 0.6) is 5.75 Å². The van der Waals surface area contributed by atoms with Crippen LogP contribution >= 0.6 is 0 Å². The minimum atomic E-state index is -0.393. The van der Waals surface area contributed by atoms with E-state index in [0.717, 1.165) is 12.0 Å². The lowest BCUT2D eigenvalue weighted by Crippen LogP contribution is -2.11. The highest BCUT2D eigenvalue weighted by atomic mass is 16.5. The Hall–Kier alpha value is -1.71. The summed E-state index contributed by atoms with van der Waals surface area (Å²) in [6, 6.07) is 3.53. The van der Waals surface area contributed by atoms with Gasteiger partial charge in [0.25, 0.3) is 0 Å². The van der Waals surface area contributed by atoms with Gasteiger partial charge in [-0.05, 0) is 25.0 Å². The molecule has 0 fully saturated rings. The molecule has 4 nitrogen and oxygen atoms in total. The summed E-state index contributed by atoms with van der Waals surface area (Å²) in [7, 11) is 1.52. The number of methoxy groups -OCH3 is 1. The van der Waals surface area contributed by atoms with Crippen LogP contribution in [0.4, 0.5) is 5.69 Å². The molecule has 0 unspecified atom stereocenters. The highest BCUT2D eigenvalue weighted by Gasteiger charge is 2.17. The second kappa shape index (κ2) is 5.39. The highest BCUT2D eigenvalue weighted by molar-refractivity contribution is 5.98. The SMILES string of the molecule is CCCOC(=O)c1c(C)ccc(OC)c1N. The summed E-state index contributed by atoms with van der Waals surface area (Å²) in [5.41, 5.74) is 7.37. The molecule has 1 aromatic rings. The minimum Gasteiger partial charge on any atom is -0.495 e. The standard InChI is InChI=1S/C12H17NO3/c1-4-7-16-12(14)10-8(2)5-6-9(15-3)11(10)13/h5-6H,4,7,13H2,1-3H3. The first-order chi connectivity index (χ1) is 7.61. The number of aryl methyl sites for hydroxylation is 1. The van der Waals surface area contributed by atoms with Gasteiger partial charge in [0, 0.05) is 0 Å². The Labute approximate surface area is 95.3 Å². The number of hydrogen-bond acceptors (Lipinski definition) is 4. The van der Waals surface area contributed by atoms with Crippen molar-refractivity contribution in [3.8, 4) is 5.75 Å². The van der Waals surface area contributed by atoms with E-state index in [2.05, 4.69) is 0 Å². The predicted molar refractivity (Wildman–Crippen MR) is 62.7 cm³/mol. The monoisotopic (exact) mass is 223 g/mol. The van der Waals surface area contributed by atoms with E-state index < -0.39 is 5.97 Å². The summed E-state index contributed by atoms with van der Waals surface area (Å²) >= 11 is 0. The van der Waals surface area contributed by atoms with E-state index in [-0.39, 0.29) is 0 Å². The summed E-state index contributed by atoms with van der Waals surface area (Å²) < 4.78 is 10.1. The van der Waals surface area contributed by atoms with Crippen molar-refractivity contribution in [2.45, 2.75) is 20.3 Å². The molecule has 0 saturated heterocycles. The van der Waals surface area contributed by atoms with Gasteiger partial charge in [-0.3, -0.25) is 0 Å². The molecule has 1 aromatic carbocycles. The summed E-state index contributed by atoms with van der Waals surface area (Å²) in [6.45, 7) is 4.16. The summed E-state index contributed by atoms with van der Waals surface area (Å²) in [5.74, 6) is 0.102. The van der Waals surface area contributed by atoms with Gasteiger partial charge in [0.1, 0.15) is 5.75 Å². The van der Waals surface area contributed by atoms with Crippen LogP contribution in [0.3, 0.4) is 0 Å². The molecule has 0 spiro atoms. The van der Waals surface area contributed by atoms with Gasteiger partial charge < -0.3 is 15.2 Å². The number of ether oxygens (including phenoxy) is 2. The fourth-order valence-electron chi connectivity index (χ4n) is 1.43. The van der Waals surface area contributed by atoms with Crippen LogP contribution in [-0.4, -0.2) is 19.7 Å². The number of carbonyl (C=O) groups is 1. The number of anilines is 1. The molecule has 0 aliphatic rings. The van der Waals surface area contributed by atoms with Crippen molar-refractivity contribution in [3.63, 3.8) is 0 Å². The number of benzene rings is 1. The summed E-state index contributed by atoms with van der Waals surface area (Å²) in [4.78, 5) is 11.8. The zero-order chi connectivity index (χ0) is 12.1. The van der Waals surface area contributed by atoms with Crippen molar-refractivity contribution in [2.75, 3.05) is 19.5 Å². The molecule has 0 bridgehead atoms. The van der Waals surface area contributed by atoms with Gasteiger partial charge in [-0.2, -0.15) is 0 Å². The Balaban J connectivity index is 3.06. The zero-order valence-corrected chi connectivity index (χ0v) is 9.87. The minimum absolute atomic E-state index is 0.337. The lowest BCUT2D eigenvalue weighted by Gasteiger charge is -2.12. The van der Waals surface area contributed by atoms with Crippen LogP contribution in [-0.2, 0) is 4.74 Å². The third-order valence-corrected chi connectivity index (χ3v) is 2.28. The van der Waals surface area contributed by atoms with E-state index in [1.54, 1.807) is 12.1 Å². The first-order valence-corrected chi connectivity index (χ1v) is 5.22. The van der Waals surface area contributed by atoms with Gasteiger partial charge in [-0.15, -0.1) is 0 Å². The maximum atomic E-state index is 11.8. The van der Waals surface area contributed by atoms with E-state index in [0.29, 0.717) is 23.6 Å². The fraction of sp³-hybridized carbons (Fsp3) is 0.417. The maximum Gasteiger partial charge on any atom is 0.340 e. The van der Waals surface area contributed by atoms with Crippen molar-refractivity contribution >= 4 is 11.7 Å². The van der Waals surface area contributed by atoms with Crippen LogP contribution in [0.2, 0.25) is 0 Å². The van der Waals surface area contributed by atoms with Crippen LogP contribution in [0.15, 0.2) is 12.1 Å². The summed E-state index contributed by atoms with van der Waals surface area (Å²) in [5, 5.41) is 0. The Morgan fingerprint density at radius 1 is 1.44 bits per heavy atom. The van der Waals surface area contributed by atoms with E-state index in [9.17, 15) is 4.79 Å². The van der Waals surface area contributed by atoms with Crippen LogP contribution < -0.4 is 10.5 Å². The van der Waals surface area contributed by atoms with Crippen molar-refractivity contribution in [2.24, 2.45) is 0 Å². The molecule has 0 heterocycles. The lowest BCUT2D eigenvalue weighted by molar-refractivity contribution is 0.0505. The van der Waals surface area contributed by atoms with E-state index >= 15 is 0 Å². The van der Waals surface area contributed by atoms with Gasteiger partial charge in [-0.25, -0.2) is 4.79 Å². The Kier molecular flexibility index (Phi) is 4.17. The zero-order valence-electron chi connectivity index (χ0n) is 9.87. The first-order valence-electron chi connectivity index (χ1n) is 5.22. The number of nitrogen functional groups attached to an aromatic ring is 1. The number of rotatable bonds is 4. The lowest BCUT2D eigenvalue weighted by atomic mass is 10.1. The quantitative estimate of drug-likeness (QED) is 0.627. The normalized spacial score (nSPS) is 9.94. The molecule has 4 heteroatoms. The van der Waals surface area contributed by atoms with Crippen molar-refractivity contribution in [1.29, 1.82) is 0 Å². The van der Waals surface area contributed by atoms with Crippen molar-refractivity contribution in [3.05, 3.63) is 23.3 Å². The molecule has 88 valence electrons. The van der Waals surface area contributed by atoms with E-state index in [4.69, 9.17) is 15.2 Å². The molecule has 0 amide bonds. The van der Waals surface area contributed by atoms with Gasteiger partial charge in [0.05, 0.1) is 25.0 Å². The summed E-state index contributed by atoms with van der Waals surface area (Å²) in [6.07, 6.45) is 0.786. The average molecular weight is 223 g/mol. The largest absolute Gasteiger partial charge is 0.495 e. The van der Waals surface area contributed by atoms with Crippen molar-refractivity contribution in [1.82, 2.24) is 0 Å². The molecule has 1 rings (SSSR count). The van der Waals surface area contributed by atoms with E-state index in [1.807, 2.05) is 13.8 Å². The number of hydrogen-bond donors (Lipinski definition) is 1.